The third kappa shape index (κ3) is 4.13. The predicted octanol–water partition coefficient (Wildman–Crippen LogP) is 4.74. The molecule has 0 aliphatic rings. The van der Waals surface area contributed by atoms with E-state index in [-0.39, 0.29) is 12.3 Å². The number of Topliss-reactive ketones (excluding diaryl/α,β-unsaturated/α-hetero) is 1. The first-order chi connectivity index (χ1) is 15.5. The average Bonchev–Trinajstić information content (AvgIpc) is 3.19. The molecule has 0 atom stereocenters. The highest BCUT2D eigenvalue weighted by atomic mass is 19.1. The summed E-state index contributed by atoms with van der Waals surface area (Å²) in [7, 11) is 0. The summed E-state index contributed by atoms with van der Waals surface area (Å²) in [4.78, 5) is 37.7. The monoisotopic (exact) mass is 430 g/mol. The maximum absolute atomic E-state index is 13.4. The van der Waals surface area contributed by atoms with Gasteiger partial charge in [-0.3, -0.25) is 9.59 Å². The molecule has 2 aromatic carbocycles. The summed E-state index contributed by atoms with van der Waals surface area (Å²) in [6.45, 7) is 1.97. The highest BCUT2D eigenvalue weighted by Gasteiger charge is 2.25. The third-order valence-electron chi connectivity index (χ3n) is 4.91. The van der Waals surface area contributed by atoms with Crippen molar-refractivity contribution in [3.63, 3.8) is 0 Å². The Balaban J connectivity index is 1.64. The second kappa shape index (κ2) is 8.85. The molecule has 0 bridgehead atoms. The van der Waals surface area contributed by atoms with Crippen LogP contribution in [0.4, 0.5) is 10.1 Å². The highest BCUT2D eigenvalue weighted by Crippen LogP contribution is 2.29. The van der Waals surface area contributed by atoms with Crippen molar-refractivity contribution in [3.8, 4) is 11.1 Å². The molecule has 0 saturated carbocycles. The van der Waals surface area contributed by atoms with E-state index in [1.54, 1.807) is 41.8 Å². The normalized spacial score (nSPS) is 10.7. The van der Waals surface area contributed by atoms with Crippen molar-refractivity contribution in [2.75, 3.05) is 11.9 Å². The lowest BCUT2D eigenvalue weighted by atomic mass is 10.0. The molecule has 0 radical (unpaired) electrons. The number of halogens is 1. The molecule has 0 saturated heterocycles. The van der Waals surface area contributed by atoms with Crippen LogP contribution >= 0.6 is 0 Å². The summed E-state index contributed by atoms with van der Waals surface area (Å²) in [5.41, 5.74) is 2.74. The Morgan fingerprint density at radius 1 is 0.969 bits per heavy atom. The molecule has 4 aromatic rings. The van der Waals surface area contributed by atoms with Gasteiger partial charge in [-0.05, 0) is 67.1 Å². The maximum atomic E-state index is 13.4. The van der Waals surface area contributed by atoms with Crippen molar-refractivity contribution in [1.29, 1.82) is 0 Å². The molecule has 0 fully saturated rings. The number of anilines is 1. The second-order valence-electron chi connectivity index (χ2n) is 6.99. The fourth-order valence-corrected chi connectivity index (χ4v) is 3.40. The standard InChI is InChI=1S/C25H19FN2O4/c1-2-32-25(31)17-8-12-19(13-9-17)27-24(30)23(29)22-21(16-6-10-18(26)11-7-16)15-20-5-3-4-14-28(20)22/h3-15H,2H2,1H3,(H,27,30). The lowest BCUT2D eigenvalue weighted by Gasteiger charge is -2.08. The average molecular weight is 430 g/mol. The number of hydrogen-bond donors (Lipinski definition) is 1. The summed E-state index contributed by atoms with van der Waals surface area (Å²) in [5, 5.41) is 2.57. The van der Waals surface area contributed by atoms with Crippen LogP contribution in [0.2, 0.25) is 0 Å². The maximum Gasteiger partial charge on any atom is 0.338 e. The van der Waals surface area contributed by atoms with Gasteiger partial charge in [0.05, 0.1) is 12.2 Å². The number of nitrogens with zero attached hydrogens (tertiary/aromatic N) is 1. The van der Waals surface area contributed by atoms with Crippen molar-refractivity contribution in [3.05, 3.63) is 96.1 Å². The molecule has 32 heavy (non-hydrogen) atoms. The van der Waals surface area contributed by atoms with E-state index in [9.17, 15) is 18.8 Å². The second-order valence-corrected chi connectivity index (χ2v) is 6.99. The first-order valence-electron chi connectivity index (χ1n) is 9.97. The van der Waals surface area contributed by atoms with E-state index in [4.69, 9.17) is 4.74 Å². The van der Waals surface area contributed by atoms with Crippen LogP contribution in [0.1, 0.15) is 27.8 Å². The summed E-state index contributed by atoms with van der Waals surface area (Å²) in [5.74, 6) is -2.44. The van der Waals surface area contributed by atoms with E-state index in [1.807, 2.05) is 12.1 Å². The molecule has 2 heterocycles. The summed E-state index contributed by atoms with van der Waals surface area (Å²) in [6, 6.07) is 19.0. The van der Waals surface area contributed by atoms with E-state index in [0.29, 0.717) is 22.4 Å². The molecule has 0 unspecified atom stereocenters. The molecule has 7 heteroatoms. The van der Waals surface area contributed by atoms with Gasteiger partial charge in [-0.1, -0.05) is 18.2 Å². The van der Waals surface area contributed by atoms with Crippen LogP contribution < -0.4 is 5.32 Å². The summed E-state index contributed by atoms with van der Waals surface area (Å²) < 4.78 is 20.0. The number of benzene rings is 2. The SMILES string of the molecule is CCOC(=O)c1ccc(NC(=O)C(=O)c2c(-c3ccc(F)cc3)cc3ccccn23)cc1. The minimum Gasteiger partial charge on any atom is -0.462 e. The molecule has 2 aromatic heterocycles. The largest absolute Gasteiger partial charge is 0.462 e. The Morgan fingerprint density at radius 2 is 1.69 bits per heavy atom. The van der Waals surface area contributed by atoms with Gasteiger partial charge in [0.15, 0.2) is 0 Å². The number of hydrogen-bond acceptors (Lipinski definition) is 4. The Bertz CT molecular complexity index is 1310. The topological polar surface area (TPSA) is 76.9 Å². The van der Waals surface area contributed by atoms with Gasteiger partial charge in [0.2, 0.25) is 0 Å². The van der Waals surface area contributed by atoms with E-state index in [0.717, 1.165) is 5.52 Å². The Kier molecular flexibility index (Phi) is 5.81. The van der Waals surface area contributed by atoms with Gasteiger partial charge in [-0.25, -0.2) is 9.18 Å². The molecule has 160 valence electrons. The number of aromatic nitrogens is 1. The summed E-state index contributed by atoms with van der Waals surface area (Å²) in [6.07, 6.45) is 1.69. The van der Waals surface area contributed by atoms with Gasteiger partial charge >= 0.3 is 5.97 Å². The molecule has 1 N–H and O–H groups in total. The van der Waals surface area contributed by atoms with Gasteiger partial charge in [-0.15, -0.1) is 0 Å². The Morgan fingerprint density at radius 3 is 2.38 bits per heavy atom. The summed E-state index contributed by atoms with van der Waals surface area (Å²) >= 11 is 0. The van der Waals surface area contributed by atoms with Crippen LogP contribution in [-0.4, -0.2) is 28.7 Å². The lowest BCUT2D eigenvalue weighted by Crippen LogP contribution is -2.24. The zero-order valence-electron chi connectivity index (χ0n) is 17.2. The van der Waals surface area contributed by atoms with E-state index in [2.05, 4.69) is 5.32 Å². The molecular formula is C25H19FN2O4. The van der Waals surface area contributed by atoms with Crippen LogP contribution in [0.5, 0.6) is 0 Å². The molecular weight excluding hydrogens is 411 g/mol. The molecule has 1 amide bonds. The van der Waals surface area contributed by atoms with Crippen LogP contribution in [0.25, 0.3) is 16.6 Å². The zero-order chi connectivity index (χ0) is 22.7. The van der Waals surface area contributed by atoms with Gasteiger partial charge < -0.3 is 14.5 Å². The van der Waals surface area contributed by atoms with Crippen LogP contribution in [0.15, 0.2) is 79.0 Å². The minimum absolute atomic E-state index is 0.174. The number of carbonyl (C=O) groups excluding carboxylic acids is 3. The number of pyridine rings is 1. The quantitative estimate of drug-likeness (QED) is 0.272. The van der Waals surface area contributed by atoms with E-state index >= 15 is 0 Å². The molecule has 4 rings (SSSR count). The third-order valence-corrected chi connectivity index (χ3v) is 4.91. The van der Waals surface area contributed by atoms with Crippen LogP contribution in [-0.2, 0) is 9.53 Å². The van der Waals surface area contributed by atoms with Gasteiger partial charge in [-0.2, -0.15) is 0 Å². The zero-order valence-corrected chi connectivity index (χ0v) is 17.2. The molecule has 6 nitrogen and oxygen atoms in total. The number of amides is 1. The van der Waals surface area contributed by atoms with E-state index in [1.165, 1.54) is 36.4 Å². The molecule has 0 aliphatic heterocycles. The van der Waals surface area contributed by atoms with E-state index < -0.39 is 23.5 Å². The first kappa shape index (κ1) is 21.0. The minimum atomic E-state index is -0.832. The molecule has 0 spiro atoms. The van der Waals surface area contributed by atoms with Crippen molar-refractivity contribution < 1.29 is 23.5 Å². The van der Waals surface area contributed by atoms with Crippen molar-refractivity contribution in [2.45, 2.75) is 6.92 Å². The number of esters is 1. The number of carbonyl (C=O) groups is 3. The fourth-order valence-electron chi connectivity index (χ4n) is 3.40. The van der Waals surface area contributed by atoms with Crippen molar-refractivity contribution in [2.24, 2.45) is 0 Å². The number of nitrogens with one attached hydrogen (secondary N) is 1. The predicted molar refractivity (Wildman–Crippen MR) is 118 cm³/mol. The Hall–Kier alpha value is -4.26. The van der Waals surface area contributed by atoms with Gasteiger partial charge in [0, 0.05) is 23.0 Å². The first-order valence-corrected chi connectivity index (χ1v) is 9.97. The van der Waals surface area contributed by atoms with Crippen LogP contribution in [0.3, 0.4) is 0 Å². The number of ketones is 1. The molecule has 0 aliphatic carbocycles. The van der Waals surface area contributed by atoms with Crippen molar-refractivity contribution in [1.82, 2.24) is 4.40 Å². The highest BCUT2D eigenvalue weighted by molar-refractivity contribution is 6.47. The van der Waals surface area contributed by atoms with Crippen LogP contribution in [0, 0.1) is 5.82 Å². The van der Waals surface area contributed by atoms with Crippen molar-refractivity contribution >= 4 is 28.9 Å². The number of ether oxygens (including phenoxy) is 1. The fraction of sp³-hybridized carbons (Fsp3) is 0.0800. The smallest absolute Gasteiger partial charge is 0.338 e. The van der Waals surface area contributed by atoms with Gasteiger partial charge in [0.1, 0.15) is 11.5 Å². The number of fused-ring (bicyclic) bond motifs is 1. The number of rotatable bonds is 6. The Labute approximate surface area is 183 Å². The lowest BCUT2D eigenvalue weighted by molar-refractivity contribution is -0.112. The van der Waals surface area contributed by atoms with Gasteiger partial charge in [0.25, 0.3) is 11.7 Å².